The van der Waals surface area contributed by atoms with Gasteiger partial charge in [0.2, 0.25) is 17.8 Å². The van der Waals surface area contributed by atoms with E-state index in [2.05, 4.69) is 30.9 Å². The maximum absolute atomic E-state index is 13.3. The molecule has 6 rings (SSSR count). The number of aliphatic hydroxyl groups excluding tert-OH is 1. The van der Waals surface area contributed by atoms with E-state index in [0.717, 1.165) is 24.1 Å². The van der Waals surface area contributed by atoms with E-state index in [1.165, 1.54) is 18.3 Å². The average molecular weight is 478 g/mol. The third-order valence-corrected chi connectivity index (χ3v) is 6.58. The number of pyridine rings is 1. The molecule has 35 heavy (non-hydrogen) atoms. The first-order valence-corrected chi connectivity index (χ1v) is 11.5. The van der Waals surface area contributed by atoms with E-state index >= 15 is 0 Å². The molecule has 11 nitrogen and oxygen atoms in total. The van der Waals surface area contributed by atoms with Gasteiger partial charge in [-0.25, -0.2) is 9.50 Å². The Morgan fingerprint density at radius 3 is 2.94 bits per heavy atom. The van der Waals surface area contributed by atoms with Gasteiger partial charge < -0.3 is 20.6 Å². The van der Waals surface area contributed by atoms with Crippen LogP contribution in [0.15, 0.2) is 42.7 Å². The molecular formula is C23H24FN9O2. The van der Waals surface area contributed by atoms with Gasteiger partial charge in [0.1, 0.15) is 11.1 Å². The lowest BCUT2D eigenvalue weighted by atomic mass is 9.97. The van der Waals surface area contributed by atoms with Crippen LogP contribution in [0.1, 0.15) is 37.8 Å². The minimum Gasteiger partial charge on any atom is -0.391 e. The number of anilines is 4. The molecule has 0 unspecified atom stereocenters. The first kappa shape index (κ1) is 21.5. The van der Waals surface area contributed by atoms with Crippen molar-refractivity contribution in [2.75, 3.05) is 22.1 Å². The molecule has 2 atom stereocenters. The van der Waals surface area contributed by atoms with Crippen molar-refractivity contribution in [3.05, 3.63) is 54.4 Å². The standard InChI is InChI=1S/C23H24FN9O2/c1-23(21(35)26-14-6-7-18(24)25-11-14)10-15(34)12-32(23)22-28-20(17-3-2-8-33(17)31-22)27-19-9-16(29-30-19)13-4-5-13/h2-3,6-9,11,13,15,34H,4-5,10,12H2,1H3,(H,26,35)(H2,27,28,29,30,31)/t15-,23-/m0/s1. The lowest BCUT2D eigenvalue weighted by molar-refractivity contribution is -0.120. The molecule has 4 aromatic heterocycles. The predicted octanol–water partition coefficient (Wildman–Crippen LogP) is 2.58. The number of hydrogen-bond donors (Lipinski definition) is 4. The summed E-state index contributed by atoms with van der Waals surface area (Å²) in [6.07, 6.45) is 4.77. The smallest absolute Gasteiger partial charge is 0.250 e. The van der Waals surface area contributed by atoms with Crippen LogP contribution in [0.3, 0.4) is 0 Å². The Morgan fingerprint density at radius 2 is 2.17 bits per heavy atom. The van der Waals surface area contributed by atoms with Crippen molar-refractivity contribution in [2.45, 2.75) is 43.7 Å². The van der Waals surface area contributed by atoms with Gasteiger partial charge in [-0.2, -0.15) is 14.5 Å². The second-order valence-electron chi connectivity index (χ2n) is 9.27. The summed E-state index contributed by atoms with van der Waals surface area (Å²) in [6.45, 7) is 1.90. The molecule has 1 amide bonds. The average Bonchev–Trinajstić information content (AvgIpc) is 3.23. The van der Waals surface area contributed by atoms with Gasteiger partial charge in [-0.3, -0.25) is 9.89 Å². The third-order valence-electron chi connectivity index (χ3n) is 6.58. The second-order valence-corrected chi connectivity index (χ2v) is 9.27. The summed E-state index contributed by atoms with van der Waals surface area (Å²) in [5.74, 6) is 0.969. The normalized spacial score (nSPS) is 22.0. The van der Waals surface area contributed by atoms with Crippen molar-refractivity contribution >= 4 is 34.7 Å². The Kier molecular flexibility index (Phi) is 4.92. The third kappa shape index (κ3) is 3.95. The number of aliphatic hydroxyl groups is 1. The molecule has 5 heterocycles. The number of rotatable bonds is 6. The van der Waals surface area contributed by atoms with Crippen molar-refractivity contribution in [1.29, 1.82) is 0 Å². The molecule has 1 aliphatic heterocycles. The lowest BCUT2D eigenvalue weighted by Gasteiger charge is -2.33. The summed E-state index contributed by atoms with van der Waals surface area (Å²) in [5, 5.41) is 28.6. The number of aromatic nitrogens is 6. The number of aromatic amines is 1. The molecule has 1 saturated heterocycles. The number of halogens is 1. The van der Waals surface area contributed by atoms with Crippen LogP contribution in [0, 0.1) is 5.95 Å². The van der Waals surface area contributed by atoms with Crippen LogP contribution in [-0.2, 0) is 4.79 Å². The fourth-order valence-corrected chi connectivity index (χ4v) is 4.53. The molecule has 1 saturated carbocycles. The predicted molar refractivity (Wildman–Crippen MR) is 126 cm³/mol. The monoisotopic (exact) mass is 477 g/mol. The minimum absolute atomic E-state index is 0.173. The zero-order valence-electron chi connectivity index (χ0n) is 18.9. The Morgan fingerprint density at radius 1 is 1.31 bits per heavy atom. The molecule has 2 fully saturated rings. The molecule has 4 N–H and O–H groups in total. The van der Waals surface area contributed by atoms with Crippen molar-refractivity contribution in [1.82, 2.24) is 29.8 Å². The molecule has 0 bridgehead atoms. The Balaban J connectivity index is 1.33. The van der Waals surface area contributed by atoms with Gasteiger partial charge in [-0.05, 0) is 44.0 Å². The largest absolute Gasteiger partial charge is 0.391 e. The Bertz CT molecular complexity index is 1400. The van der Waals surface area contributed by atoms with E-state index in [-0.39, 0.29) is 24.8 Å². The number of carbonyl (C=O) groups is 1. The zero-order valence-corrected chi connectivity index (χ0v) is 18.9. The molecule has 12 heteroatoms. The van der Waals surface area contributed by atoms with Crippen LogP contribution in [0.5, 0.6) is 0 Å². The van der Waals surface area contributed by atoms with Crippen LogP contribution in [-0.4, -0.2) is 59.0 Å². The highest BCUT2D eigenvalue weighted by molar-refractivity contribution is 6.00. The second kappa shape index (κ2) is 8.01. The molecule has 1 aliphatic carbocycles. The summed E-state index contributed by atoms with van der Waals surface area (Å²) in [6, 6.07) is 8.32. The van der Waals surface area contributed by atoms with E-state index in [0.29, 0.717) is 23.2 Å². The van der Waals surface area contributed by atoms with Gasteiger partial charge in [0.05, 0.1) is 18.0 Å². The van der Waals surface area contributed by atoms with E-state index in [4.69, 9.17) is 4.98 Å². The van der Waals surface area contributed by atoms with Gasteiger partial charge >= 0.3 is 0 Å². The van der Waals surface area contributed by atoms with Crippen LogP contribution >= 0.6 is 0 Å². The van der Waals surface area contributed by atoms with Crippen molar-refractivity contribution < 1.29 is 14.3 Å². The van der Waals surface area contributed by atoms with E-state index < -0.39 is 17.6 Å². The number of fused-ring (bicyclic) bond motifs is 1. The molecule has 0 radical (unpaired) electrons. The van der Waals surface area contributed by atoms with E-state index in [9.17, 15) is 14.3 Å². The van der Waals surface area contributed by atoms with Gasteiger partial charge in [-0.1, -0.05) is 0 Å². The fourth-order valence-electron chi connectivity index (χ4n) is 4.53. The van der Waals surface area contributed by atoms with Crippen LogP contribution in [0.25, 0.3) is 5.52 Å². The molecular weight excluding hydrogens is 453 g/mol. The maximum Gasteiger partial charge on any atom is 0.250 e. The molecule has 0 spiro atoms. The summed E-state index contributed by atoms with van der Waals surface area (Å²) in [7, 11) is 0. The zero-order chi connectivity index (χ0) is 24.2. The highest BCUT2D eigenvalue weighted by Gasteiger charge is 2.49. The summed E-state index contributed by atoms with van der Waals surface area (Å²) < 4.78 is 14.9. The van der Waals surface area contributed by atoms with E-state index in [1.54, 1.807) is 22.5 Å². The number of nitrogens with zero attached hydrogens (tertiary/aromatic N) is 6. The highest BCUT2D eigenvalue weighted by atomic mass is 19.1. The molecule has 2 aliphatic rings. The Hall–Kier alpha value is -4.06. The van der Waals surface area contributed by atoms with Gasteiger partial charge in [0.15, 0.2) is 11.6 Å². The van der Waals surface area contributed by atoms with E-state index in [1.807, 2.05) is 18.2 Å². The first-order chi connectivity index (χ1) is 16.9. The SMILES string of the molecule is C[C@@]1(C(=O)Nc2ccc(F)nc2)C[C@H](O)CN1c1nc(Nc2cc(C3CC3)[nH]n2)c2cccn2n1. The summed E-state index contributed by atoms with van der Waals surface area (Å²) >= 11 is 0. The van der Waals surface area contributed by atoms with Gasteiger partial charge in [-0.15, -0.1) is 5.10 Å². The van der Waals surface area contributed by atoms with Crippen molar-refractivity contribution in [2.24, 2.45) is 0 Å². The fraction of sp³-hybridized carbons (Fsp3) is 0.348. The molecule has 180 valence electrons. The molecule has 4 aromatic rings. The highest BCUT2D eigenvalue weighted by Crippen LogP contribution is 2.40. The first-order valence-electron chi connectivity index (χ1n) is 11.5. The molecule has 0 aromatic carbocycles. The van der Waals surface area contributed by atoms with Crippen LogP contribution in [0.2, 0.25) is 0 Å². The number of nitrogens with one attached hydrogen (secondary N) is 3. The summed E-state index contributed by atoms with van der Waals surface area (Å²) in [5.41, 5.74) is 1.04. The number of hydrogen-bond acceptors (Lipinski definition) is 8. The van der Waals surface area contributed by atoms with Crippen LogP contribution < -0.4 is 15.5 Å². The van der Waals surface area contributed by atoms with Gasteiger partial charge in [0.25, 0.3) is 0 Å². The maximum atomic E-state index is 13.3. The van der Waals surface area contributed by atoms with Crippen molar-refractivity contribution in [3.8, 4) is 0 Å². The van der Waals surface area contributed by atoms with Crippen LogP contribution in [0.4, 0.5) is 27.7 Å². The summed E-state index contributed by atoms with van der Waals surface area (Å²) in [4.78, 5) is 23.3. The minimum atomic E-state index is -1.16. The quantitative estimate of drug-likeness (QED) is 0.311. The number of β-amino-alcohol motifs (C(OH)–C–C–N with tert-alkyl or cyclic N) is 1. The number of carbonyl (C=O) groups excluding carboxylic acids is 1. The number of amides is 1. The Labute approximate surface area is 199 Å². The van der Waals surface area contributed by atoms with Gasteiger partial charge in [0, 0.05) is 36.8 Å². The topological polar surface area (TPSA) is 136 Å². The van der Waals surface area contributed by atoms with Crippen molar-refractivity contribution in [3.63, 3.8) is 0 Å². The number of H-pyrrole nitrogens is 1. The lowest BCUT2D eigenvalue weighted by Crippen LogP contribution is -2.51.